The highest BCUT2D eigenvalue weighted by Crippen LogP contribution is 2.15. The first-order valence-electron chi connectivity index (χ1n) is 23.0. The van der Waals surface area contributed by atoms with Crippen molar-refractivity contribution in [2.75, 3.05) is 19.8 Å². The molecule has 4 heteroatoms. The Bertz CT molecular complexity index is 927. The second kappa shape index (κ2) is 47.0. The number of carbonyl (C=O) groups excluding carboxylic acids is 1. The van der Waals surface area contributed by atoms with E-state index < -0.39 is 6.10 Å². The van der Waals surface area contributed by atoms with Crippen molar-refractivity contribution in [3.63, 3.8) is 0 Å². The van der Waals surface area contributed by atoms with Gasteiger partial charge in [-0.15, -0.1) is 0 Å². The first-order valence-corrected chi connectivity index (χ1v) is 23.0. The van der Waals surface area contributed by atoms with Gasteiger partial charge in [0.1, 0.15) is 6.10 Å². The number of hydrogen-bond acceptors (Lipinski definition) is 4. The molecule has 0 fully saturated rings. The third-order valence-corrected chi connectivity index (χ3v) is 9.80. The zero-order valence-electron chi connectivity index (χ0n) is 35.7. The predicted molar refractivity (Wildman–Crippen MR) is 237 cm³/mol. The van der Waals surface area contributed by atoms with Gasteiger partial charge in [-0.2, -0.15) is 0 Å². The number of aliphatic hydroxyl groups excluding tert-OH is 1. The van der Waals surface area contributed by atoms with Gasteiger partial charge in [0.2, 0.25) is 0 Å². The Balaban J connectivity index is 3.50. The van der Waals surface area contributed by atoms with Crippen molar-refractivity contribution in [1.29, 1.82) is 0 Å². The van der Waals surface area contributed by atoms with Crippen LogP contribution in [-0.4, -0.2) is 37.0 Å². The van der Waals surface area contributed by atoms with Gasteiger partial charge >= 0.3 is 5.97 Å². The molecule has 0 aromatic carbocycles. The number of esters is 1. The minimum atomic E-state index is -0.554. The van der Waals surface area contributed by atoms with Crippen LogP contribution in [0.1, 0.15) is 213 Å². The Morgan fingerprint density at radius 2 is 0.833 bits per heavy atom. The first-order chi connectivity index (χ1) is 26.7. The lowest BCUT2D eigenvalue weighted by atomic mass is 10.0. The molecule has 0 aromatic heterocycles. The SMILES string of the molecule is CC/C=C\C/C=C\C/C=C\C/C=C\C/C=C\C/C=C\CCCCCOCC(CO)OC(=O)CCCCCCCCCCCCCCCCCCCCCC. The van der Waals surface area contributed by atoms with Crippen LogP contribution in [-0.2, 0) is 14.3 Å². The number of hydrogen-bond donors (Lipinski definition) is 1. The zero-order chi connectivity index (χ0) is 39.1. The van der Waals surface area contributed by atoms with E-state index in [0.717, 1.165) is 77.0 Å². The Hall–Kier alpha value is -2.17. The minimum absolute atomic E-state index is 0.187. The lowest BCUT2D eigenvalue weighted by Gasteiger charge is -2.15. The number of carbonyl (C=O) groups is 1. The normalized spacial score (nSPS) is 13.0. The second-order valence-electron chi connectivity index (χ2n) is 15.1. The van der Waals surface area contributed by atoms with Crippen molar-refractivity contribution in [3.05, 3.63) is 72.9 Å². The Morgan fingerprint density at radius 3 is 1.24 bits per heavy atom. The average Bonchev–Trinajstić information content (AvgIpc) is 3.18. The van der Waals surface area contributed by atoms with Gasteiger partial charge in [-0.1, -0.05) is 215 Å². The van der Waals surface area contributed by atoms with Gasteiger partial charge < -0.3 is 14.6 Å². The fourth-order valence-corrected chi connectivity index (χ4v) is 6.39. The van der Waals surface area contributed by atoms with E-state index in [1.54, 1.807) is 0 Å². The number of aliphatic hydroxyl groups is 1. The number of ether oxygens (including phenoxy) is 2. The summed E-state index contributed by atoms with van der Waals surface area (Å²) in [5.74, 6) is -0.212. The Labute approximate surface area is 336 Å². The summed E-state index contributed by atoms with van der Waals surface area (Å²) in [6, 6.07) is 0. The summed E-state index contributed by atoms with van der Waals surface area (Å²) in [5, 5.41) is 9.62. The van der Waals surface area contributed by atoms with Crippen LogP contribution in [0.2, 0.25) is 0 Å². The smallest absolute Gasteiger partial charge is 0.306 e. The molecule has 1 N–H and O–H groups in total. The van der Waals surface area contributed by atoms with Crippen LogP contribution in [0.4, 0.5) is 0 Å². The summed E-state index contributed by atoms with van der Waals surface area (Å²) in [5.41, 5.74) is 0. The van der Waals surface area contributed by atoms with Crippen LogP contribution >= 0.6 is 0 Å². The van der Waals surface area contributed by atoms with Crippen molar-refractivity contribution >= 4 is 5.97 Å². The van der Waals surface area contributed by atoms with Crippen LogP contribution in [0, 0.1) is 0 Å². The maximum atomic E-state index is 12.2. The molecule has 0 bridgehead atoms. The van der Waals surface area contributed by atoms with Gasteiger partial charge in [0, 0.05) is 13.0 Å². The molecule has 312 valence electrons. The average molecular weight is 753 g/mol. The molecule has 1 atom stereocenters. The quantitative estimate of drug-likeness (QED) is 0.0383. The highest BCUT2D eigenvalue weighted by Gasteiger charge is 2.13. The second-order valence-corrected chi connectivity index (χ2v) is 15.1. The fraction of sp³-hybridized carbons (Fsp3) is 0.740. The molecule has 0 saturated heterocycles. The van der Waals surface area contributed by atoms with E-state index in [9.17, 15) is 9.90 Å². The van der Waals surface area contributed by atoms with E-state index >= 15 is 0 Å². The molecule has 0 saturated carbocycles. The minimum Gasteiger partial charge on any atom is -0.457 e. The Morgan fingerprint density at radius 1 is 0.463 bits per heavy atom. The van der Waals surface area contributed by atoms with Crippen molar-refractivity contribution in [3.8, 4) is 0 Å². The molecule has 0 aliphatic rings. The van der Waals surface area contributed by atoms with Gasteiger partial charge in [-0.05, 0) is 64.2 Å². The topological polar surface area (TPSA) is 55.8 Å². The zero-order valence-corrected chi connectivity index (χ0v) is 35.7. The highest BCUT2D eigenvalue weighted by molar-refractivity contribution is 5.69. The summed E-state index contributed by atoms with van der Waals surface area (Å²) in [4.78, 5) is 12.2. The summed E-state index contributed by atoms with van der Waals surface area (Å²) >= 11 is 0. The number of rotatable bonds is 42. The maximum Gasteiger partial charge on any atom is 0.306 e. The third-order valence-electron chi connectivity index (χ3n) is 9.80. The van der Waals surface area contributed by atoms with Crippen LogP contribution in [0.25, 0.3) is 0 Å². The predicted octanol–water partition coefficient (Wildman–Crippen LogP) is 15.4. The summed E-state index contributed by atoms with van der Waals surface area (Å²) in [6.45, 7) is 5.17. The molecular weight excluding hydrogens is 665 g/mol. The van der Waals surface area contributed by atoms with Gasteiger partial charge in [0.25, 0.3) is 0 Å². The molecule has 0 aliphatic heterocycles. The molecular formula is C50H88O4. The largest absolute Gasteiger partial charge is 0.457 e. The van der Waals surface area contributed by atoms with Gasteiger partial charge in [0.05, 0.1) is 13.2 Å². The van der Waals surface area contributed by atoms with Crippen LogP contribution in [0.15, 0.2) is 72.9 Å². The first kappa shape index (κ1) is 51.8. The summed E-state index contributed by atoms with van der Waals surface area (Å²) in [6.07, 6.45) is 64.0. The van der Waals surface area contributed by atoms with E-state index in [-0.39, 0.29) is 19.2 Å². The third kappa shape index (κ3) is 44.2. The summed E-state index contributed by atoms with van der Waals surface area (Å²) in [7, 11) is 0. The van der Waals surface area contributed by atoms with Crippen LogP contribution < -0.4 is 0 Å². The molecule has 0 radical (unpaired) electrons. The van der Waals surface area contributed by atoms with Crippen molar-refractivity contribution in [2.24, 2.45) is 0 Å². The molecule has 54 heavy (non-hydrogen) atoms. The fourth-order valence-electron chi connectivity index (χ4n) is 6.39. The standard InChI is InChI=1S/C50H88O4/c1-3-5-7-9-11-13-15-17-19-21-23-25-26-28-30-32-34-36-38-40-42-44-46-53-48-49(47-51)54-50(52)45-43-41-39-37-35-33-31-29-27-24-22-20-18-16-14-12-10-8-6-4-2/h5,7,11,13,17,19,23,25,28,30,34,36,49,51H,3-4,6,8-10,12,14-16,18,20-22,24,26-27,29,31-33,35,37-48H2,1-2H3/b7-5-,13-11-,19-17-,25-23-,30-28-,36-34-. The number of unbranched alkanes of at least 4 members (excludes halogenated alkanes) is 22. The van der Waals surface area contributed by atoms with E-state index in [0.29, 0.717) is 13.0 Å². The molecule has 0 spiro atoms. The molecule has 0 aliphatic carbocycles. The lowest BCUT2D eigenvalue weighted by molar-refractivity contribution is -0.154. The molecule has 0 amide bonds. The molecule has 0 rings (SSSR count). The molecule has 4 nitrogen and oxygen atoms in total. The lowest BCUT2D eigenvalue weighted by Crippen LogP contribution is -2.27. The van der Waals surface area contributed by atoms with Crippen LogP contribution in [0.3, 0.4) is 0 Å². The van der Waals surface area contributed by atoms with Gasteiger partial charge in [-0.3, -0.25) is 4.79 Å². The molecule has 0 heterocycles. The van der Waals surface area contributed by atoms with E-state index in [2.05, 4.69) is 86.8 Å². The van der Waals surface area contributed by atoms with E-state index in [1.165, 1.54) is 116 Å². The van der Waals surface area contributed by atoms with Gasteiger partial charge in [-0.25, -0.2) is 0 Å². The van der Waals surface area contributed by atoms with Crippen molar-refractivity contribution in [2.45, 2.75) is 219 Å². The maximum absolute atomic E-state index is 12.2. The summed E-state index contributed by atoms with van der Waals surface area (Å²) < 4.78 is 11.2. The number of allylic oxidation sites excluding steroid dienone is 12. The van der Waals surface area contributed by atoms with E-state index in [4.69, 9.17) is 9.47 Å². The van der Waals surface area contributed by atoms with Crippen molar-refractivity contribution in [1.82, 2.24) is 0 Å². The highest BCUT2D eigenvalue weighted by atomic mass is 16.6. The van der Waals surface area contributed by atoms with Crippen LogP contribution in [0.5, 0.6) is 0 Å². The molecule has 0 aromatic rings. The monoisotopic (exact) mass is 753 g/mol. The Kier molecular flexibility index (Phi) is 45.1. The van der Waals surface area contributed by atoms with E-state index in [1.807, 2.05) is 0 Å². The van der Waals surface area contributed by atoms with Crippen molar-refractivity contribution < 1.29 is 19.4 Å². The van der Waals surface area contributed by atoms with Gasteiger partial charge in [0.15, 0.2) is 0 Å². The molecule has 1 unspecified atom stereocenters.